The van der Waals surface area contributed by atoms with E-state index in [-0.39, 0.29) is 16.8 Å². The average molecular weight is 312 g/mol. The van der Waals surface area contributed by atoms with Crippen LogP contribution in [0, 0.1) is 24.0 Å². The van der Waals surface area contributed by atoms with Gasteiger partial charge < -0.3 is 5.32 Å². The van der Waals surface area contributed by atoms with E-state index < -0.39 is 4.92 Å². The number of hydrogen-bond acceptors (Lipinski definition) is 5. The van der Waals surface area contributed by atoms with Gasteiger partial charge in [0.2, 0.25) is 0 Å². The first-order valence-electron chi connectivity index (χ1n) is 6.03. The van der Waals surface area contributed by atoms with Gasteiger partial charge in [-0.25, -0.2) is 4.98 Å². The van der Waals surface area contributed by atoms with Crippen molar-refractivity contribution in [3.8, 4) is 0 Å². The molecule has 0 amide bonds. The van der Waals surface area contributed by atoms with Crippen LogP contribution in [0.3, 0.4) is 0 Å². The second kappa shape index (κ2) is 5.76. The quantitative estimate of drug-likeness (QED) is 0.667. The minimum atomic E-state index is -0.494. The summed E-state index contributed by atoms with van der Waals surface area (Å²) >= 11 is 7.54. The van der Waals surface area contributed by atoms with E-state index in [1.165, 1.54) is 6.07 Å². The van der Waals surface area contributed by atoms with Crippen molar-refractivity contribution >= 4 is 34.3 Å². The SMILES string of the molecule is Cc1nc(C)c(C(C)Nc2ccc([N+](=O)[O-])c(Cl)c2)s1. The van der Waals surface area contributed by atoms with Gasteiger partial charge in [0.05, 0.1) is 21.7 Å². The third kappa shape index (κ3) is 3.08. The average Bonchev–Trinajstić information content (AvgIpc) is 2.68. The van der Waals surface area contributed by atoms with Crippen molar-refractivity contribution in [3.05, 3.63) is 48.9 Å². The summed E-state index contributed by atoms with van der Waals surface area (Å²) in [5, 5.41) is 15.2. The number of benzene rings is 1. The highest BCUT2D eigenvalue weighted by molar-refractivity contribution is 7.11. The van der Waals surface area contributed by atoms with Crippen LogP contribution in [0.25, 0.3) is 0 Å². The zero-order chi connectivity index (χ0) is 14.9. The normalized spacial score (nSPS) is 12.2. The Bertz CT molecular complexity index is 657. The summed E-state index contributed by atoms with van der Waals surface area (Å²) in [4.78, 5) is 15.8. The van der Waals surface area contributed by atoms with Gasteiger partial charge in [0.15, 0.2) is 0 Å². The van der Waals surface area contributed by atoms with Gasteiger partial charge in [-0.1, -0.05) is 11.6 Å². The zero-order valence-corrected chi connectivity index (χ0v) is 12.9. The molecule has 0 saturated carbocycles. The van der Waals surface area contributed by atoms with E-state index in [1.54, 1.807) is 23.5 Å². The fourth-order valence-corrected chi connectivity index (χ4v) is 3.19. The van der Waals surface area contributed by atoms with Gasteiger partial charge in [-0.05, 0) is 32.9 Å². The van der Waals surface area contributed by atoms with Gasteiger partial charge >= 0.3 is 0 Å². The van der Waals surface area contributed by atoms with Crippen LogP contribution in [0.5, 0.6) is 0 Å². The van der Waals surface area contributed by atoms with Crippen LogP contribution in [-0.4, -0.2) is 9.91 Å². The molecule has 0 aliphatic carbocycles. The van der Waals surface area contributed by atoms with Crippen molar-refractivity contribution in [1.82, 2.24) is 4.98 Å². The van der Waals surface area contributed by atoms with Crippen molar-refractivity contribution in [3.63, 3.8) is 0 Å². The lowest BCUT2D eigenvalue weighted by Crippen LogP contribution is -2.06. The first-order valence-corrected chi connectivity index (χ1v) is 7.22. The molecule has 0 aliphatic rings. The van der Waals surface area contributed by atoms with E-state index in [2.05, 4.69) is 10.3 Å². The number of anilines is 1. The Balaban J connectivity index is 2.20. The molecule has 0 bridgehead atoms. The number of nitro groups is 1. The maximum Gasteiger partial charge on any atom is 0.288 e. The number of hydrogen-bond donors (Lipinski definition) is 1. The molecule has 0 spiro atoms. The maximum absolute atomic E-state index is 10.7. The lowest BCUT2D eigenvalue weighted by Gasteiger charge is -2.14. The predicted molar refractivity (Wildman–Crippen MR) is 81.7 cm³/mol. The topological polar surface area (TPSA) is 68.1 Å². The number of rotatable bonds is 4. The number of thiazole rings is 1. The van der Waals surface area contributed by atoms with E-state index in [4.69, 9.17) is 11.6 Å². The molecule has 0 fully saturated rings. The molecule has 0 radical (unpaired) electrons. The summed E-state index contributed by atoms with van der Waals surface area (Å²) in [6.07, 6.45) is 0. The fraction of sp³-hybridized carbons (Fsp3) is 0.308. The molecule has 1 unspecified atom stereocenters. The van der Waals surface area contributed by atoms with Crippen LogP contribution >= 0.6 is 22.9 Å². The van der Waals surface area contributed by atoms with Gasteiger partial charge in [0.25, 0.3) is 5.69 Å². The van der Waals surface area contributed by atoms with Crippen LogP contribution in [0.4, 0.5) is 11.4 Å². The molecule has 1 N–H and O–H groups in total. The number of nitro benzene ring substituents is 1. The van der Waals surface area contributed by atoms with Gasteiger partial charge in [-0.15, -0.1) is 11.3 Å². The Labute approximate surface area is 125 Å². The lowest BCUT2D eigenvalue weighted by molar-refractivity contribution is -0.384. The molecule has 7 heteroatoms. The molecule has 2 rings (SSSR count). The highest BCUT2D eigenvalue weighted by atomic mass is 35.5. The Morgan fingerprint density at radius 2 is 2.15 bits per heavy atom. The van der Waals surface area contributed by atoms with Gasteiger partial charge in [-0.2, -0.15) is 0 Å². The molecule has 5 nitrogen and oxygen atoms in total. The van der Waals surface area contributed by atoms with E-state index in [0.29, 0.717) is 0 Å². The van der Waals surface area contributed by atoms with Crippen molar-refractivity contribution in [1.29, 1.82) is 0 Å². The standard InChI is InChI=1S/C13H14ClN3O2S/c1-7-13(20-9(3)15-7)8(2)16-10-4-5-12(17(18)19)11(14)6-10/h4-6,8,16H,1-3H3. The largest absolute Gasteiger partial charge is 0.378 e. The molecule has 106 valence electrons. The van der Waals surface area contributed by atoms with Crippen LogP contribution in [0.15, 0.2) is 18.2 Å². The van der Waals surface area contributed by atoms with Gasteiger partial charge in [0.1, 0.15) is 5.02 Å². The van der Waals surface area contributed by atoms with Crippen LogP contribution in [0.2, 0.25) is 5.02 Å². The summed E-state index contributed by atoms with van der Waals surface area (Å²) in [6.45, 7) is 5.96. The second-order valence-electron chi connectivity index (χ2n) is 4.47. The van der Waals surface area contributed by atoms with E-state index in [0.717, 1.165) is 21.3 Å². The van der Waals surface area contributed by atoms with Crippen LogP contribution in [0.1, 0.15) is 28.5 Å². The predicted octanol–water partition coefficient (Wildman–Crippen LogP) is 4.49. The Morgan fingerprint density at radius 3 is 2.65 bits per heavy atom. The summed E-state index contributed by atoms with van der Waals surface area (Å²) in [7, 11) is 0. The molecule has 1 aromatic heterocycles. The van der Waals surface area contributed by atoms with Crippen molar-refractivity contribution in [2.24, 2.45) is 0 Å². The van der Waals surface area contributed by atoms with Gasteiger partial charge in [-0.3, -0.25) is 10.1 Å². The number of nitrogens with one attached hydrogen (secondary N) is 1. The molecule has 20 heavy (non-hydrogen) atoms. The third-order valence-electron chi connectivity index (χ3n) is 2.86. The minimum Gasteiger partial charge on any atom is -0.378 e. The smallest absolute Gasteiger partial charge is 0.288 e. The number of aromatic nitrogens is 1. The van der Waals surface area contributed by atoms with E-state index in [9.17, 15) is 10.1 Å². The van der Waals surface area contributed by atoms with E-state index >= 15 is 0 Å². The molecule has 0 aliphatic heterocycles. The molecule has 1 aromatic carbocycles. The molecular weight excluding hydrogens is 298 g/mol. The summed E-state index contributed by atoms with van der Waals surface area (Å²) < 4.78 is 0. The molecule has 1 heterocycles. The number of nitrogens with zero attached hydrogens (tertiary/aromatic N) is 2. The van der Waals surface area contributed by atoms with Crippen LogP contribution < -0.4 is 5.32 Å². The first kappa shape index (κ1) is 14.7. The van der Waals surface area contributed by atoms with Crippen molar-refractivity contribution < 1.29 is 4.92 Å². The summed E-state index contributed by atoms with van der Waals surface area (Å²) in [5.41, 5.74) is 1.66. The first-order chi connectivity index (χ1) is 9.38. The highest BCUT2D eigenvalue weighted by Gasteiger charge is 2.15. The van der Waals surface area contributed by atoms with Crippen molar-refractivity contribution in [2.45, 2.75) is 26.8 Å². The van der Waals surface area contributed by atoms with Crippen LogP contribution in [-0.2, 0) is 0 Å². The molecule has 2 aromatic rings. The maximum atomic E-state index is 10.7. The second-order valence-corrected chi connectivity index (χ2v) is 6.11. The summed E-state index contributed by atoms with van der Waals surface area (Å²) in [5.74, 6) is 0. The Kier molecular flexibility index (Phi) is 4.25. The molecular formula is C13H14ClN3O2S. The van der Waals surface area contributed by atoms with Crippen molar-refractivity contribution in [2.75, 3.05) is 5.32 Å². The minimum absolute atomic E-state index is 0.0683. The monoisotopic (exact) mass is 311 g/mol. The van der Waals surface area contributed by atoms with Gasteiger partial charge in [0, 0.05) is 16.6 Å². The number of halogens is 1. The molecule has 1 atom stereocenters. The number of aryl methyl sites for hydroxylation is 2. The fourth-order valence-electron chi connectivity index (χ4n) is 2.01. The third-order valence-corrected chi connectivity index (χ3v) is 4.42. The Hall–Kier alpha value is -1.66. The zero-order valence-electron chi connectivity index (χ0n) is 11.3. The lowest BCUT2D eigenvalue weighted by atomic mass is 10.2. The van der Waals surface area contributed by atoms with E-state index in [1.807, 2.05) is 20.8 Å². The summed E-state index contributed by atoms with van der Waals surface area (Å²) in [6, 6.07) is 4.70. The Morgan fingerprint density at radius 1 is 1.45 bits per heavy atom. The highest BCUT2D eigenvalue weighted by Crippen LogP contribution is 2.31. The molecule has 0 saturated heterocycles.